The first-order valence-corrected chi connectivity index (χ1v) is 13.8. The second kappa shape index (κ2) is 9.43. The van der Waals surface area contributed by atoms with Crippen LogP contribution in [-0.2, 0) is 35.7 Å². The Morgan fingerprint density at radius 1 is 1.18 bits per heavy atom. The number of halogens is 1. The Hall–Kier alpha value is -3.27. The Labute approximate surface area is 226 Å². The summed E-state index contributed by atoms with van der Waals surface area (Å²) in [6.45, 7) is 4.18. The molecule has 2 N–H and O–H groups in total. The summed E-state index contributed by atoms with van der Waals surface area (Å²) < 4.78 is 33.1. The van der Waals surface area contributed by atoms with Crippen LogP contribution in [0.5, 0.6) is 5.75 Å². The molecule has 0 radical (unpaired) electrons. The monoisotopic (exact) mass is 532 g/mol. The third-order valence-corrected chi connectivity index (χ3v) is 8.87. The molecule has 7 rings (SSSR count). The molecule has 0 saturated carbocycles. The van der Waals surface area contributed by atoms with E-state index in [2.05, 4.69) is 23.0 Å². The van der Waals surface area contributed by atoms with Crippen molar-refractivity contribution in [3.05, 3.63) is 64.0 Å². The van der Waals surface area contributed by atoms with Crippen LogP contribution in [-0.4, -0.2) is 65.7 Å². The van der Waals surface area contributed by atoms with Gasteiger partial charge in [-0.2, -0.15) is 0 Å². The Morgan fingerprint density at radius 2 is 2.00 bits per heavy atom. The van der Waals surface area contributed by atoms with Crippen molar-refractivity contribution in [3.63, 3.8) is 0 Å². The quantitative estimate of drug-likeness (QED) is 0.547. The minimum atomic E-state index is -0.603. The number of pyridine rings is 1. The standard InChI is InChI=1S/C30H33FN4O4/c1-34-7-5-30(6-8-34)13-19-10-18(2-3-27(19)39-30)14-35(20-4-9-37-15-20)29(36)22-11-21-23-16-38-17-24(23)28(32)33-26(21)12-25(22)31/h2-3,10-12,20H,4-9,13-17H2,1H3,(H2,32,33)/t20-/m1/s1. The van der Waals surface area contributed by atoms with Crippen LogP contribution in [0.4, 0.5) is 10.2 Å². The van der Waals surface area contributed by atoms with Crippen molar-refractivity contribution in [2.24, 2.45) is 0 Å². The summed E-state index contributed by atoms with van der Waals surface area (Å²) in [6, 6.07) is 9.02. The lowest BCUT2D eigenvalue weighted by Crippen LogP contribution is -2.45. The minimum Gasteiger partial charge on any atom is -0.487 e. The fourth-order valence-electron chi connectivity index (χ4n) is 6.53. The molecule has 9 heteroatoms. The number of nitrogen functional groups attached to an aromatic ring is 1. The number of piperidine rings is 1. The van der Waals surface area contributed by atoms with Gasteiger partial charge >= 0.3 is 0 Å². The number of carbonyl (C=O) groups excluding carboxylic acids is 1. The number of amides is 1. The van der Waals surface area contributed by atoms with Crippen LogP contribution in [0, 0.1) is 5.82 Å². The zero-order valence-electron chi connectivity index (χ0n) is 22.2. The highest BCUT2D eigenvalue weighted by molar-refractivity contribution is 5.99. The summed E-state index contributed by atoms with van der Waals surface area (Å²) >= 11 is 0. The van der Waals surface area contributed by atoms with Gasteiger partial charge < -0.3 is 29.7 Å². The van der Waals surface area contributed by atoms with E-state index in [9.17, 15) is 4.79 Å². The Kier molecular flexibility index (Phi) is 5.98. The summed E-state index contributed by atoms with van der Waals surface area (Å²) in [6.07, 6.45) is 3.61. The van der Waals surface area contributed by atoms with E-state index in [-0.39, 0.29) is 23.1 Å². The Morgan fingerprint density at radius 3 is 2.79 bits per heavy atom. The first-order valence-electron chi connectivity index (χ1n) is 13.8. The number of likely N-dealkylation sites (tertiary alicyclic amines) is 1. The highest BCUT2D eigenvalue weighted by Gasteiger charge is 2.41. The molecule has 2 saturated heterocycles. The molecule has 1 atom stereocenters. The molecular formula is C30H33FN4O4. The molecule has 5 heterocycles. The van der Waals surface area contributed by atoms with Crippen LogP contribution in [0.2, 0.25) is 0 Å². The van der Waals surface area contributed by atoms with Gasteiger partial charge in [0.1, 0.15) is 23.0 Å². The lowest BCUT2D eigenvalue weighted by Gasteiger charge is -2.37. The number of hydrogen-bond acceptors (Lipinski definition) is 7. The number of fused-ring (bicyclic) bond motifs is 4. The van der Waals surface area contributed by atoms with E-state index in [0.717, 1.165) is 54.8 Å². The van der Waals surface area contributed by atoms with E-state index in [0.29, 0.717) is 56.1 Å². The van der Waals surface area contributed by atoms with Gasteiger partial charge in [-0.15, -0.1) is 0 Å². The SMILES string of the molecule is CN1CCC2(CC1)Cc1cc(CN(C(=O)c3cc4c5c(c(N)nc4cc3F)COC5)[C@@H]3CCOC3)ccc1O2. The van der Waals surface area contributed by atoms with E-state index >= 15 is 4.39 Å². The Bertz CT molecular complexity index is 1460. The van der Waals surface area contributed by atoms with Gasteiger partial charge in [-0.05, 0) is 42.3 Å². The van der Waals surface area contributed by atoms with Crippen LogP contribution >= 0.6 is 0 Å². The second-order valence-corrected chi connectivity index (χ2v) is 11.5. The third kappa shape index (κ3) is 4.33. The van der Waals surface area contributed by atoms with Crippen LogP contribution in [0.1, 0.15) is 51.9 Å². The molecule has 204 valence electrons. The average Bonchev–Trinajstić information content (AvgIpc) is 3.69. The molecule has 1 spiro atoms. The summed E-state index contributed by atoms with van der Waals surface area (Å²) in [5.74, 6) is 0.335. The maximum absolute atomic E-state index is 15.4. The lowest BCUT2D eigenvalue weighted by atomic mass is 9.87. The van der Waals surface area contributed by atoms with Crippen molar-refractivity contribution < 1.29 is 23.4 Å². The number of aromatic nitrogens is 1. The van der Waals surface area contributed by atoms with Crippen molar-refractivity contribution in [1.82, 2.24) is 14.8 Å². The number of anilines is 1. The average molecular weight is 533 g/mol. The van der Waals surface area contributed by atoms with Crippen molar-refractivity contribution in [2.75, 3.05) is 39.1 Å². The van der Waals surface area contributed by atoms with Gasteiger partial charge in [0.15, 0.2) is 0 Å². The van der Waals surface area contributed by atoms with E-state index in [1.54, 1.807) is 11.0 Å². The Balaban J connectivity index is 1.20. The second-order valence-electron chi connectivity index (χ2n) is 11.5. The highest BCUT2D eigenvalue weighted by atomic mass is 19.1. The van der Waals surface area contributed by atoms with Crippen LogP contribution in [0.3, 0.4) is 0 Å². The van der Waals surface area contributed by atoms with Crippen LogP contribution < -0.4 is 10.5 Å². The van der Waals surface area contributed by atoms with Crippen LogP contribution in [0.25, 0.3) is 10.9 Å². The molecule has 4 aliphatic rings. The number of rotatable bonds is 4. The molecule has 39 heavy (non-hydrogen) atoms. The molecule has 1 aromatic heterocycles. The number of nitrogens with two attached hydrogens (primary N) is 1. The zero-order chi connectivity index (χ0) is 26.7. The van der Waals surface area contributed by atoms with E-state index < -0.39 is 5.82 Å². The molecule has 1 amide bonds. The zero-order valence-corrected chi connectivity index (χ0v) is 22.2. The topological polar surface area (TPSA) is 90.2 Å². The van der Waals surface area contributed by atoms with Gasteiger partial charge in [-0.25, -0.2) is 9.37 Å². The van der Waals surface area contributed by atoms with Gasteiger partial charge in [0.05, 0.1) is 36.9 Å². The predicted molar refractivity (Wildman–Crippen MR) is 144 cm³/mol. The minimum absolute atomic E-state index is 0.0323. The van der Waals surface area contributed by atoms with Gasteiger partial charge in [-0.3, -0.25) is 4.79 Å². The molecular weight excluding hydrogens is 499 g/mol. The molecule has 0 unspecified atom stereocenters. The molecule has 4 aliphatic heterocycles. The molecule has 2 fully saturated rings. The first kappa shape index (κ1) is 24.7. The van der Waals surface area contributed by atoms with Gasteiger partial charge in [0.25, 0.3) is 5.91 Å². The van der Waals surface area contributed by atoms with Crippen molar-refractivity contribution in [3.8, 4) is 5.75 Å². The normalized spacial score (nSPS) is 21.7. The molecule has 0 bridgehead atoms. The van der Waals surface area contributed by atoms with Gasteiger partial charge in [-0.1, -0.05) is 12.1 Å². The number of carbonyl (C=O) groups is 1. The predicted octanol–water partition coefficient (Wildman–Crippen LogP) is 3.82. The van der Waals surface area contributed by atoms with E-state index in [1.165, 1.54) is 11.6 Å². The fraction of sp³-hybridized carbons (Fsp3) is 0.467. The van der Waals surface area contributed by atoms with E-state index in [4.69, 9.17) is 19.9 Å². The summed E-state index contributed by atoms with van der Waals surface area (Å²) in [7, 11) is 2.15. The maximum Gasteiger partial charge on any atom is 0.257 e. The molecule has 8 nitrogen and oxygen atoms in total. The summed E-state index contributed by atoms with van der Waals surface area (Å²) in [5.41, 5.74) is 10.3. The van der Waals surface area contributed by atoms with Crippen molar-refractivity contribution in [2.45, 2.75) is 57.1 Å². The molecule has 2 aromatic carbocycles. The maximum atomic E-state index is 15.4. The van der Waals surface area contributed by atoms with Crippen molar-refractivity contribution in [1.29, 1.82) is 0 Å². The lowest BCUT2D eigenvalue weighted by molar-refractivity contribution is 0.0271. The number of ether oxygens (including phenoxy) is 3. The molecule has 3 aromatic rings. The number of hydrogen-bond donors (Lipinski definition) is 1. The highest BCUT2D eigenvalue weighted by Crippen LogP contribution is 2.41. The largest absolute Gasteiger partial charge is 0.487 e. The van der Waals surface area contributed by atoms with Gasteiger partial charge in [0.2, 0.25) is 0 Å². The number of benzene rings is 2. The smallest absolute Gasteiger partial charge is 0.257 e. The van der Waals surface area contributed by atoms with E-state index in [1.807, 2.05) is 12.1 Å². The summed E-state index contributed by atoms with van der Waals surface area (Å²) in [5, 5.41) is 0.710. The summed E-state index contributed by atoms with van der Waals surface area (Å²) in [4.78, 5) is 22.5. The third-order valence-electron chi connectivity index (χ3n) is 8.87. The van der Waals surface area contributed by atoms with Gasteiger partial charge in [0, 0.05) is 62.5 Å². The van der Waals surface area contributed by atoms with Crippen molar-refractivity contribution >= 4 is 22.6 Å². The molecule has 0 aliphatic carbocycles. The van der Waals surface area contributed by atoms with Crippen LogP contribution in [0.15, 0.2) is 30.3 Å². The fourth-order valence-corrected chi connectivity index (χ4v) is 6.53. The first-order chi connectivity index (χ1) is 18.9. The number of nitrogens with zero attached hydrogens (tertiary/aromatic N) is 3.